The summed E-state index contributed by atoms with van der Waals surface area (Å²) in [6.45, 7) is 0.453. The minimum absolute atomic E-state index is 0.00167. The number of nitrogen functional groups attached to an aromatic ring is 1. The van der Waals surface area contributed by atoms with Gasteiger partial charge in [-0.2, -0.15) is 26.3 Å². The third-order valence-corrected chi connectivity index (χ3v) is 7.30. The number of carbonyl (C=O) groups is 1. The number of anilines is 1. The van der Waals surface area contributed by atoms with E-state index >= 15 is 0 Å². The van der Waals surface area contributed by atoms with Gasteiger partial charge in [0.15, 0.2) is 5.69 Å². The molecule has 4 rings (SSSR count). The Kier molecular flexibility index (Phi) is 7.63. The van der Waals surface area contributed by atoms with Crippen LogP contribution in [-0.4, -0.2) is 56.4 Å². The van der Waals surface area contributed by atoms with Gasteiger partial charge in [0.05, 0.1) is 11.3 Å². The van der Waals surface area contributed by atoms with Crippen LogP contribution in [0.4, 0.5) is 32.0 Å². The third-order valence-electron chi connectivity index (χ3n) is 7.30. The quantitative estimate of drug-likeness (QED) is 0.476. The Bertz CT molecular complexity index is 1160. The van der Waals surface area contributed by atoms with E-state index < -0.39 is 70.7 Å². The molecule has 1 fully saturated rings. The van der Waals surface area contributed by atoms with Gasteiger partial charge in [0.25, 0.3) is 17.7 Å². The molecule has 1 aliphatic heterocycles. The number of halogens is 6. The van der Waals surface area contributed by atoms with Crippen LogP contribution in [0.25, 0.3) is 11.6 Å². The highest BCUT2D eigenvalue weighted by molar-refractivity contribution is 5.95. The van der Waals surface area contributed by atoms with Crippen molar-refractivity contribution in [1.82, 2.24) is 20.1 Å². The molecule has 0 spiro atoms. The number of hydrogen-bond acceptors (Lipinski definition) is 8. The van der Waals surface area contributed by atoms with Gasteiger partial charge in [-0.1, -0.05) is 6.42 Å². The van der Waals surface area contributed by atoms with Gasteiger partial charge in [0.2, 0.25) is 5.60 Å². The molecule has 0 aromatic carbocycles. The van der Waals surface area contributed by atoms with Crippen LogP contribution < -0.4 is 11.5 Å². The molecular formula is C23H28F6N6O3. The number of aliphatic hydroxyl groups is 1. The molecule has 1 amide bonds. The molecule has 2 aromatic rings. The maximum Gasteiger partial charge on any atom is 0.426 e. The zero-order chi connectivity index (χ0) is 27.9. The number of hydrogen-bond donors (Lipinski definition) is 3. The molecule has 1 atom stereocenters. The van der Waals surface area contributed by atoms with E-state index in [4.69, 9.17) is 15.9 Å². The highest BCUT2D eigenvalue weighted by Gasteiger charge is 2.58. The predicted octanol–water partition coefficient (Wildman–Crippen LogP) is 4.02. The second kappa shape index (κ2) is 10.3. The summed E-state index contributed by atoms with van der Waals surface area (Å²) in [5, 5.41) is 17.3. The molecule has 210 valence electrons. The van der Waals surface area contributed by atoms with Crippen LogP contribution in [0.2, 0.25) is 0 Å². The minimum Gasteiger partial charge on any atom is -0.416 e. The summed E-state index contributed by atoms with van der Waals surface area (Å²) in [4.78, 5) is 18.8. The smallest absolute Gasteiger partial charge is 0.416 e. The maximum absolute atomic E-state index is 14.0. The number of nitrogens with zero attached hydrogens (tertiary/aromatic N) is 4. The van der Waals surface area contributed by atoms with Gasteiger partial charge in [-0.25, -0.2) is 4.98 Å². The molecule has 0 radical (unpaired) electrons. The Labute approximate surface area is 213 Å². The average molecular weight is 551 g/mol. The lowest BCUT2D eigenvalue weighted by Crippen LogP contribution is -2.44. The molecule has 0 unspecified atom stereocenters. The summed E-state index contributed by atoms with van der Waals surface area (Å²) < 4.78 is 88.6. The van der Waals surface area contributed by atoms with Gasteiger partial charge >= 0.3 is 12.4 Å². The average Bonchev–Trinajstić information content (AvgIpc) is 3.34. The second-order valence-corrected chi connectivity index (χ2v) is 9.81. The number of aromatic nitrogens is 3. The fourth-order valence-corrected chi connectivity index (χ4v) is 5.05. The summed E-state index contributed by atoms with van der Waals surface area (Å²) in [6.07, 6.45) is -8.39. The van der Waals surface area contributed by atoms with Gasteiger partial charge in [-0.3, -0.25) is 4.79 Å². The largest absolute Gasteiger partial charge is 0.426 e. The summed E-state index contributed by atoms with van der Waals surface area (Å²) in [5.74, 6) is -2.68. The van der Waals surface area contributed by atoms with Crippen LogP contribution in [0.3, 0.4) is 0 Å². The monoisotopic (exact) mass is 550 g/mol. The molecule has 3 heterocycles. The van der Waals surface area contributed by atoms with Gasteiger partial charge in [-0.15, -0.1) is 10.2 Å². The molecule has 0 saturated heterocycles. The number of rotatable bonds is 2. The number of pyridine rings is 1. The molecular weight excluding hydrogens is 522 g/mol. The number of fused-ring (bicyclic) bond motifs is 5. The van der Waals surface area contributed by atoms with Crippen molar-refractivity contribution in [1.29, 1.82) is 0 Å². The summed E-state index contributed by atoms with van der Waals surface area (Å²) in [6, 6.07) is 0.0781. The van der Waals surface area contributed by atoms with Crippen molar-refractivity contribution in [2.75, 3.05) is 18.8 Å². The van der Waals surface area contributed by atoms with Crippen molar-refractivity contribution in [3.8, 4) is 11.6 Å². The predicted molar refractivity (Wildman–Crippen MR) is 121 cm³/mol. The Morgan fingerprint density at radius 1 is 1.05 bits per heavy atom. The van der Waals surface area contributed by atoms with Gasteiger partial charge in [0.1, 0.15) is 5.69 Å². The van der Waals surface area contributed by atoms with Crippen molar-refractivity contribution >= 4 is 11.6 Å². The minimum atomic E-state index is -5.18. The number of nitrogens with two attached hydrogens (primary N) is 2. The van der Waals surface area contributed by atoms with Crippen LogP contribution in [0, 0.1) is 5.92 Å². The molecule has 9 nitrogen and oxygen atoms in total. The first-order valence-electron chi connectivity index (χ1n) is 12.3. The normalized spacial score (nSPS) is 25.8. The van der Waals surface area contributed by atoms with E-state index in [-0.39, 0.29) is 31.7 Å². The molecule has 1 saturated carbocycles. The Morgan fingerprint density at radius 3 is 2.34 bits per heavy atom. The van der Waals surface area contributed by atoms with E-state index in [1.807, 2.05) is 0 Å². The van der Waals surface area contributed by atoms with E-state index in [1.54, 1.807) is 0 Å². The zero-order valence-corrected chi connectivity index (χ0v) is 20.3. The molecule has 5 N–H and O–H groups in total. The first kappa shape index (κ1) is 28.1. The van der Waals surface area contributed by atoms with E-state index in [1.165, 1.54) is 4.90 Å². The van der Waals surface area contributed by atoms with Gasteiger partial charge in [-0.05, 0) is 63.5 Å². The first-order valence-corrected chi connectivity index (χ1v) is 12.3. The Hall–Kier alpha value is -2.94. The Morgan fingerprint density at radius 2 is 1.74 bits per heavy atom. The van der Waals surface area contributed by atoms with E-state index in [0.29, 0.717) is 38.3 Å². The third kappa shape index (κ3) is 5.30. The molecule has 4 bridgehead atoms. The van der Waals surface area contributed by atoms with Crippen LogP contribution in [0.15, 0.2) is 10.5 Å². The number of alkyl halides is 6. The lowest BCUT2D eigenvalue weighted by molar-refractivity contribution is -0.277. The topological polar surface area (TPSA) is 144 Å². The molecule has 1 aliphatic carbocycles. The van der Waals surface area contributed by atoms with Crippen molar-refractivity contribution in [2.45, 2.75) is 75.4 Å². The lowest BCUT2D eigenvalue weighted by Gasteiger charge is -2.37. The highest BCUT2D eigenvalue weighted by atomic mass is 19.4. The fraction of sp³-hybridized carbons (Fsp3) is 0.652. The van der Waals surface area contributed by atoms with Crippen molar-refractivity contribution in [3.05, 3.63) is 23.2 Å². The summed E-state index contributed by atoms with van der Waals surface area (Å²) in [7, 11) is 0. The van der Waals surface area contributed by atoms with E-state index in [9.17, 15) is 36.2 Å². The molecule has 15 heteroatoms. The van der Waals surface area contributed by atoms with Crippen LogP contribution in [0.5, 0.6) is 0 Å². The Balaban J connectivity index is 1.84. The number of carbonyl (C=O) groups excluding carboxylic acids is 1. The fourth-order valence-electron chi connectivity index (χ4n) is 5.05. The van der Waals surface area contributed by atoms with E-state index in [0.717, 1.165) is 0 Å². The van der Waals surface area contributed by atoms with Crippen LogP contribution in [0.1, 0.15) is 73.3 Å². The first-order chi connectivity index (χ1) is 17.8. The molecule has 38 heavy (non-hydrogen) atoms. The van der Waals surface area contributed by atoms with Crippen LogP contribution in [-0.2, 0) is 11.8 Å². The highest BCUT2D eigenvalue weighted by Crippen LogP contribution is 2.44. The van der Waals surface area contributed by atoms with Crippen molar-refractivity contribution < 1.29 is 40.7 Å². The van der Waals surface area contributed by atoms with Gasteiger partial charge in [0, 0.05) is 12.6 Å². The zero-order valence-electron chi connectivity index (χ0n) is 20.3. The van der Waals surface area contributed by atoms with E-state index in [2.05, 4.69) is 15.2 Å². The molecule has 2 aliphatic rings. The summed E-state index contributed by atoms with van der Waals surface area (Å²) >= 11 is 0. The standard InChI is InChI=1S/C23H28F6N6O3/c24-22(25,26)14-10-15(31)17-18-33-34-20(38-18)21(37,23(27,28)29)8-2-1-3-9-35(19(36)16(14)32-17)13-6-4-12(11-30)5-7-13/h10,12-13,37H,1-9,11,30-31H2/t12-,13-,21-/m1/s1. The SMILES string of the molecule is NC[C@H]1CC[C@H](N2CCCCC[C@](O)(C(F)(F)F)c3nnc(o3)-c3nc(c(C(F)(F)F)cc3N)C2=O)CC1. The lowest BCUT2D eigenvalue weighted by atomic mass is 9.85. The van der Waals surface area contributed by atoms with Gasteiger partial charge < -0.3 is 25.9 Å². The van der Waals surface area contributed by atoms with Crippen molar-refractivity contribution in [3.63, 3.8) is 0 Å². The van der Waals surface area contributed by atoms with Crippen LogP contribution >= 0.6 is 0 Å². The summed E-state index contributed by atoms with van der Waals surface area (Å²) in [5.41, 5.74) is 4.44. The van der Waals surface area contributed by atoms with Crippen molar-refractivity contribution in [2.24, 2.45) is 11.7 Å². The second-order valence-electron chi connectivity index (χ2n) is 9.81. The maximum atomic E-state index is 14.0. The number of amides is 1. The molecule has 2 aromatic heterocycles.